The van der Waals surface area contributed by atoms with E-state index in [1.54, 1.807) is 0 Å². The van der Waals surface area contributed by atoms with Gasteiger partial charge in [-0.15, -0.1) is 11.3 Å². The lowest BCUT2D eigenvalue weighted by Gasteiger charge is -2.18. The van der Waals surface area contributed by atoms with Gasteiger partial charge >= 0.3 is 5.97 Å². The van der Waals surface area contributed by atoms with Crippen LogP contribution in [0.2, 0.25) is 0 Å². The lowest BCUT2D eigenvalue weighted by molar-refractivity contribution is -0.138. The fourth-order valence-electron chi connectivity index (χ4n) is 1.57. The van der Waals surface area contributed by atoms with Gasteiger partial charge < -0.3 is 10.4 Å². The standard InChI is InChI=1S/C11H13N3O2S/c1-6(2)8(11(15)16)14-9-7-3-4-17-10(7)13-5-12-9/h3-6,8H,1-2H3,(H,15,16)(H,12,13,14)/t8-/m0/s1. The number of carboxylic acid groups (broad SMARTS) is 1. The molecule has 0 aliphatic rings. The van der Waals surface area contributed by atoms with Crippen LogP contribution in [-0.4, -0.2) is 27.1 Å². The number of hydrogen-bond donors (Lipinski definition) is 2. The Labute approximate surface area is 103 Å². The van der Waals surface area contributed by atoms with Crippen LogP contribution in [0.5, 0.6) is 0 Å². The highest BCUT2D eigenvalue weighted by Gasteiger charge is 2.22. The zero-order valence-electron chi connectivity index (χ0n) is 9.54. The molecular weight excluding hydrogens is 238 g/mol. The first kappa shape index (κ1) is 11.8. The number of fused-ring (bicyclic) bond motifs is 1. The predicted molar refractivity (Wildman–Crippen MR) is 67.3 cm³/mol. The van der Waals surface area contributed by atoms with E-state index in [9.17, 15) is 4.79 Å². The summed E-state index contributed by atoms with van der Waals surface area (Å²) >= 11 is 1.51. The first-order valence-electron chi connectivity index (χ1n) is 5.27. The third kappa shape index (κ3) is 2.36. The molecule has 2 N–H and O–H groups in total. The number of thiophene rings is 1. The van der Waals surface area contributed by atoms with Gasteiger partial charge in [-0.3, -0.25) is 0 Å². The Morgan fingerprint density at radius 3 is 2.88 bits per heavy atom. The van der Waals surface area contributed by atoms with Crippen LogP contribution in [0.1, 0.15) is 13.8 Å². The van der Waals surface area contributed by atoms with E-state index in [1.807, 2.05) is 25.3 Å². The second-order valence-electron chi connectivity index (χ2n) is 4.07. The van der Waals surface area contributed by atoms with Gasteiger partial charge in [-0.1, -0.05) is 13.8 Å². The van der Waals surface area contributed by atoms with Crippen molar-refractivity contribution in [2.75, 3.05) is 5.32 Å². The van der Waals surface area contributed by atoms with Crippen molar-refractivity contribution in [1.82, 2.24) is 9.97 Å². The summed E-state index contributed by atoms with van der Waals surface area (Å²) in [7, 11) is 0. The van der Waals surface area contributed by atoms with Crippen LogP contribution in [0, 0.1) is 5.92 Å². The average molecular weight is 251 g/mol. The lowest BCUT2D eigenvalue weighted by Crippen LogP contribution is -2.34. The van der Waals surface area contributed by atoms with Crippen LogP contribution in [0.4, 0.5) is 5.82 Å². The van der Waals surface area contributed by atoms with E-state index in [1.165, 1.54) is 17.7 Å². The van der Waals surface area contributed by atoms with Crippen LogP contribution in [0.25, 0.3) is 10.2 Å². The SMILES string of the molecule is CC(C)[C@H](Nc1ncnc2sccc12)C(=O)O. The molecule has 2 rings (SSSR count). The number of hydrogen-bond acceptors (Lipinski definition) is 5. The summed E-state index contributed by atoms with van der Waals surface area (Å²) < 4.78 is 0. The number of nitrogens with zero attached hydrogens (tertiary/aromatic N) is 2. The summed E-state index contributed by atoms with van der Waals surface area (Å²) in [6, 6.07) is 1.25. The van der Waals surface area contributed by atoms with Crippen molar-refractivity contribution in [2.24, 2.45) is 5.92 Å². The molecule has 6 heteroatoms. The van der Waals surface area contributed by atoms with Crippen molar-refractivity contribution in [1.29, 1.82) is 0 Å². The molecule has 0 spiro atoms. The summed E-state index contributed by atoms with van der Waals surface area (Å²) in [6.07, 6.45) is 1.44. The van der Waals surface area contributed by atoms with Gasteiger partial charge in [0.25, 0.3) is 0 Å². The van der Waals surface area contributed by atoms with Gasteiger partial charge in [0.05, 0.1) is 5.39 Å². The van der Waals surface area contributed by atoms with Crippen molar-refractivity contribution in [3.63, 3.8) is 0 Å². The highest BCUT2D eigenvalue weighted by molar-refractivity contribution is 7.16. The molecular formula is C11H13N3O2S. The Hall–Kier alpha value is -1.69. The van der Waals surface area contributed by atoms with Gasteiger partial charge in [0.1, 0.15) is 23.0 Å². The molecule has 0 radical (unpaired) electrons. The topological polar surface area (TPSA) is 75.1 Å². The molecule has 0 saturated heterocycles. The normalized spacial score (nSPS) is 12.9. The monoisotopic (exact) mass is 251 g/mol. The summed E-state index contributed by atoms with van der Waals surface area (Å²) in [6.45, 7) is 3.72. The maximum absolute atomic E-state index is 11.1. The fraction of sp³-hybridized carbons (Fsp3) is 0.364. The van der Waals surface area contributed by atoms with Crippen LogP contribution in [-0.2, 0) is 4.79 Å². The maximum atomic E-state index is 11.1. The summed E-state index contributed by atoms with van der Waals surface area (Å²) in [5, 5.41) is 14.9. The highest BCUT2D eigenvalue weighted by atomic mass is 32.1. The van der Waals surface area contributed by atoms with Crippen molar-refractivity contribution >= 4 is 33.3 Å². The first-order chi connectivity index (χ1) is 8.09. The lowest BCUT2D eigenvalue weighted by atomic mass is 10.0. The fourth-order valence-corrected chi connectivity index (χ4v) is 2.30. The van der Waals surface area contributed by atoms with Crippen molar-refractivity contribution in [3.05, 3.63) is 17.8 Å². The van der Waals surface area contributed by atoms with Crippen molar-refractivity contribution in [3.8, 4) is 0 Å². The molecule has 2 aromatic rings. The van der Waals surface area contributed by atoms with Crippen molar-refractivity contribution < 1.29 is 9.90 Å². The molecule has 0 saturated carbocycles. The Bertz CT molecular complexity index is 538. The van der Waals surface area contributed by atoms with E-state index in [0.29, 0.717) is 5.82 Å². The molecule has 5 nitrogen and oxygen atoms in total. The number of rotatable bonds is 4. The molecule has 0 amide bonds. The number of aromatic nitrogens is 2. The van der Waals surface area contributed by atoms with Crippen molar-refractivity contribution in [2.45, 2.75) is 19.9 Å². The zero-order valence-corrected chi connectivity index (χ0v) is 10.4. The number of aliphatic carboxylic acids is 1. The molecule has 0 unspecified atom stereocenters. The number of carbonyl (C=O) groups is 1. The molecule has 2 aromatic heterocycles. The van der Waals surface area contributed by atoms with E-state index in [0.717, 1.165) is 10.2 Å². The number of anilines is 1. The van der Waals surface area contributed by atoms with E-state index in [2.05, 4.69) is 15.3 Å². The molecule has 0 fully saturated rings. The third-order valence-corrected chi connectivity index (χ3v) is 3.31. The van der Waals surface area contributed by atoms with Crippen LogP contribution >= 0.6 is 11.3 Å². The molecule has 0 aliphatic heterocycles. The Kier molecular flexibility index (Phi) is 3.23. The Morgan fingerprint density at radius 2 is 2.24 bits per heavy atom. The Balaban J connectivity index is 2.34. The zero-order chi connectivity index (χ0) is 12.4. The molecule has 2 heterocycles. The van der Waals surface area contributed by atoms with E-state index >= 15 is 0 Å². The van der Waals surface area contributed by atoms with Crippen LogP contribution < -0.4 is 5.32 Å². The van der Waals surface area contributed by atoms with Gasteiger partial charge in [0, 0.05) is 0 Å². The number of nitrogens with one attached hydrogen (secondary N) is 1. The van der Waals surface area contributed by atoms with Gasteiger partial charge in [-0.2, -0.15) is 0 Å². The second-order valence-corrected chi connectivity index (χ2v) is 4.96. The number of carboxylic acids is 1. The van der Waals surface area contributed by atoms with Gasteiger partial charge in [0.15, 0.2) is 0 Å². The van der Waals surface area contributed by atoms with Crippen LogP contribution in [0.3, 0.4) is 0 Å². The summed E-state index contributed by atoms with van der Waals surface area (Å²) in [5.41, 5.74) is 0. The summed E-state index contributed by atoms with van der Waals surface area (Å²) in [5.74, 6) is -0.310. The second kappa shape index (κ2) is 4.67. The molecule has 17 heavy (non-hydrogen) atoms. The molecule has 1 atom stereocenters. The van der Waals surface area contributed by atoms with E-state index < -0.39 is 12.0 Å². The molecule has 0 aliphatic carbocycles. The first-order valence-corrected chi connectivity index (χ1v) is 6.15. The minimum Gasteiger partial charge on any atom is -0.480 e. The maximum Gasteiger partial charge on any atom is 0.326 e. The Morgan fingerprint density at radius 1 is 1.47 bits per heavy atom. The highest BCUT2D eigenvalue weighted by Crippen LogP contribution is 2.24. The van der Waals surface area contributed by atoms with Gasteiger partial charge in [-0.05, 0) is 17.4 Å². The van der Waals surface area contributed by atoms with Crippen LogP contribution in [0.15, 0.2) is 17.8 Å². The minimum absolute atomic E-state index is 0.0175. The quantitative estimate of drug-likeness (QED) is 0.871. The van der Waals surface area contributed by atoms with E-state index in [4.69, 9.17) is 5.11 Å². The largest absolute Gasteiger partial charge is 0.480 e. The predicted octanol–water partition coefficient (Wildman–Crippen LogP) is 2.21. The van der Waals surface area contributed by atoms with Gasteiger partial charge in [-0.25, -0.2) is 14.8 Å². The molecule has 0 bridgehead atoms. The average Bonchev–Trinajstić information content (AvgIpc) is 2.73. The summed E-state index contributed by atoms with van der Waals surface area (Å²) in [4.78, 5) is 20.2. The minimum atomic E-state index is -0.873. The third-order valence-electron chi connectivity index (χ3n) is 2.49. The molecule has 0 aromatic carbocycles. The van der Waals surface area contributed by atoms with Gasteiger partial charge in [0.2, 0.25) is 0 Å². The smallest absolute Gasteiger partial charge is 0.326 e. The molecule has 90 valence electrons. The van der Waals surface area contributed by atoms with E-state index in [-0.39, 0.29) is 5.92 Å².